The zero-order valence-corrected chi connectivity index (χ0v) is 15.3. The maximum atomic E-state index is 12.6. The van der Waals surface area contributed by atoms with Gasteiger partial charge < -0.3 is 19.1 Å². The number of likely N-dealkylation sites (tertiary alicyclic amines) is 1. The summed E-state index contributed by atoms with van der Waals surface area (Å²) in [6.07, 6.45) is 3.98. The van der Waals surface area contributed by atoms with Crippen LogP contribution in [0.25, 0.3) is 0 Å². The van der Waals surface area contributed by atoms with Crippen molar-refractivity contribution < 1.29 is 14.1 Å². The molecule has 1 aromatic heterocycles. The average molecular weight is 368 g/mol. The zero-order valence-electron chi connectivity index (χ0n) is 15.3. The third kappa shape index (κ3) is 3.10. The van der Waals surface area contributed by atoms with Crippen molar-refractivity contribution in [3.05, 3.63) is 41.8 Å². The average Bonchev–Trinajstić information content (AvgIpc) is 3.37. The molecule has 0 unspecified atom stereocenters. The van der Waals surface area contributed by atoms with Crippen LogP contribution in [-0.2, 0) is 4.74 Å². The zero-order chi connectivity index (χ0) is 18.3. The van der Waals surface area contributed by atoms with Crippen LogP contribution in [0, 0.1) is 0 Å². The van der Waals surface area contributed by atoms with E-state index in [2.05, 4.69) is 15.0 Å². The molecule has 0 radical (unpaired) electrons. The quantitative estimate of drug-likeness (QED) is 0.829. The van der Waals surface area contributed by atoms with E-state index in [0.717, 1.165) is 64.0 Å². The van der Waals surface area contributed by atoms with E-state index in [9.17, 15) is 4.79 Å². The first-order valence-electron chi connectivity index (χ1n) is 9.79. The standard InChI is InChI=1S/C20H24N4O3/c25-18(16-5-2-1-3-6-16)23-10-7-15(8-11-23)17-21-19(22-27-17)24-13-20(14-24)9-4-12-26-20/h1-3,5-6,15H,4,7-14H2. The molecule has 0 aliphatic carbocycles. The lowest BCUT2D eigenvalue weighted by atomic mass is 9.91. The number of benzene rings is 1. The molecule has 1 aromatic carbocycles. The predicted molar refractivity (Wildman–Crippen MR) is 98.7 cm³/mol. The molecule has 1 amide bonds. The Labute approximate surface area is 158 Å². The Morgan fingerprint density at radius 1 is 1.15 bits per heavy atom. The Bertz CT molecular complexity index is 800. The van der Waals surface area contributed by atoms with E-state index in [4.69, 9.17) is 9.26 Å². The number of ether oxygens (including phenoxy) is 1. The highest BCUT2D eigenvalue weighted by molar-refractivity contribution is 5.94. The molecule has 0 saturated carbocycles. The van der Waals surface area contributed by atoms with Crippen molar-refractivity contribution in [3.63, 3.8) is 0 Å². The van der Waals surface area contributed by atoms with Crippen molar-refractivity contribution in [1.29, 1.82) is 0 Å². The van der Waals surface area contributed by atoms with Crippen molar-refractivity contribution in [2.75, 3.05) is 37.7 Å². The Balaban J connectivity index is 1.17. The summed E-state index contributed by atoms with van der Waals surface area (Å²) in [5.74, 6) is 1.70. The highest BCUT2D eigenvalue weighted by Gasteiger charge is 2.48. The van der Waals surface area contributed by atoms with Gasteiger partial charge in [-0.05, 0) is 43.0 Å². The Hall–Kier alpha value is -2.41. The number of piperidine rings is 1. The molecule has 0 atom stereocenters. The maximum absolute atomic E-state index is 12.6. The number of carbonyl (C=O) groups excluding carboxylic acids is 1. The van der Waals surface area contributed by atoms with Gasteiger partial charge in [0.05, 0.1) is 13.1 Å². The minimum absolute atomic E-state index is 0.0317. The highest BCUT2D eigenvalue weighted by atomic mass is 16.5. The van der Waals surface area contributed by atoms with Crippen LogP contribution in [0.5, 0.6) is 0 Å². The number of nitrogens with zero attached hydrogens (tertiary/aromatic N) is 4. The van der Waals surface area contributed by atoms with Gasteiger partial charge in [-0.3, -0.25) is 4.79 Å². The van der Waals surface area contributed by atoms with Crippen LogP contribution in [0.1, 0.15) is 47.8 Å². The summed E-state index contributed by atoms with van der Waals surface area (Å²) in [6.45, 7) is 4.02. The topological polar surface area (TPSA) is 71.7 Å². The third-order valence-electron chi connectivity index (χ3n) is 6.01. The van der Waals surface area contributed by atoms with E-state index in [-0.39, 0.29) is 17.4 Å². The number of amides is 1. The molecule has 5 rings (SSSR count). The summed E-state index contributed by atoms with van der Waals surface area (Å²) in [4.78, 5) is 21.2. The van der Waals surface area contributed by atoms with Gasteiger partial charge in [0, 0.05) is 31.2 Å². The number of aromatic nitrogens is 2. The third-order valence-corrected chi connectivity index (χ3v) is 6.01. The summed E-state index contributed by atoms with van der Waals surface area (Å²) in [5.41, 5.74) is 0.779. The molecule has 4 heterocycles. The summed E-state index contributed by atoms with van der Waals surface area (Å²) in [5, 5.41) is 4.17. The molecule has 3 saturated heterocycles. The van der Waals surface area contributed by atoms with Crippen molar-refractivity contribution in [3.8, 4) is 0 Å². The number of hydrogen-bond acceptors (Lipinski definition) is 6. The molecule has 7 heteroatoms. The van der Waals surface area contributed by atoms with E-state index in [1.54, 1.807) is 0 Å². The van der Waals surface area contributed by atoms with Gasteiger partial charge in [0.25, 0.3) is 11.9 Å². The van der Waals surface area contributed by atoms with Gasteiger partial charge in [-0.15, -0.1) is 0 Å². The van der Waals surface area contributed by atoms with Gasteiger partial charge in [-0.2, -0.15) is 4.98 Å². The van der Waals surface area contributed by atoms with E-state index in [1.165, 1.54) is 0 Å². The lowest BCUT2D eigenvalue weighted by Crippen LogP contribution is -2.62. The van der Waals surface area contributed by atoms with E-state index in [1.807, 2.05) is 35.2 Å². The van der Waals surface area contributed by atoms with Crippen LogP contribution in [0.2, 0.25) is 0 Å². The van der Waals surface area contributed by atoms with E-state index >= 15 is 0 Å². The lowest BCUT2D eigenvalue weighted by Gasteiger charge is -2.46. The Morgan fingerprint density at radius 3 is 2.63 bits per heavy atom. The molecule has 0 N–H and O–H groups in total. The normalized spacial score (nSPS) is 22.2. The summed E-state index contributed by atoms with van der Waals surface area (Å²) in [7, 11) is 0. The molecule has 3 aliphatic heterocycles. The van der Waals surface area contributed by atoms with Crippen LogP contribution < -0.4 is 4.90 Å². The minimum Gasteiger partial charge on any atom is -0.371 e. The van der Waals surface area contributed by atoms with Gasteiger partial charge in [-0.1, -0.05) is 18.2 Å². The largest absolute Gasteiger partial charge is 0.371 e. The maximum Gasteiger partial charge on any atom is 0.266 e. The second-order valence-corrected chi connectivity index (χ2v) is 7.86. The smallest absolute Gasteiger partial charge is 0.266 e. The number of carbonyl (C=O) groups is 1. The first-order valence-corrected chi connectivity index (χ1v) is 9.79. The number of hydrogen-bond donors (Lipinski definition) is 0. The second kappa shape index (κ2) is 6.64. The summed E-state index contributed by atoms with van der Waals surface area (Å²) >= 11 is 0. The fourth-order valence-corrected chi connectivity index (χ4v) is 4.41. The van der Waals surface area contributed by atoms with Gasteiger partial charge in [0.15, 0.2) is 0 Å². The van der Waals surface area contributed by atoms with Gasteiger partial charge in [-0.25, -0.2) is 0 Å². The lowest BCUT2D eigenvalue weighted by molar-refractivity contribution is -0.0189. The fraction of sp³-hybridized carbons (Fsp3) is 0.550. The monoisotopic (exact) mass is 368 g/mol. The number of anilines is 1. The first kappa shape index (κ1) is 16.7. The van der Waals surface area contributed by atoms with Gasteiger partial charge >= 0.3 is 0 Å². The molecule has 2 aromatic rings. The Morgan fingerprint density at radius 2 is 1.93 bits per heavy atom. The van der Waals surface area contributed by atoms with Crippen LogP contribution in [0.4, 0.5) is 5.95 Å². The summed E-state index contributed by atoms with van der Waals surface area (Å²) in [6, 6.07) is 9.46. The molecule has 0 bridgehead atoms. The molecular formula is C20H24N4O3. The summed E-state index contributed by atoms with van der Waals surface area (Å²) < 4.78 is 11.4. The molecule has 3 aliphatic rings. The first-order chi connectivity index (χ1) is 13.2. The SMILES string of the molecule is O=C(c1ccccc1)N1CCC(c2nc(N3CC4(CCCO4)C3)no2)CC1. The van der Waals surface area contributed by atoms with Crippen molar-refractivity contribution >= 4 is 11.9 Å². The van der Waals surface area contributed by atoms with Crippen molar-refractivity contribution in [1.82, 2.24) is 15.0 Å². The fourth-order valence-electron chi connectivity index (χ4n) is 4.41. The van der Waals surface area contributed by atoms with Gasteiger partial charge in [0.1, 0.15) is 5.60 Å². The van der Waals surface area contributed by atoms with Gasteiger partial charge in [0.2, 0.25) is 5.89 Å². The molecule has 3 fully saturated rings. The van der Waals surface area contributed by atoms with Crippen molar-refractivity contribution in [2.24, 2.45) is 0 Å². The second-order valence-electron chi connectivity index (χ2n) is 7.86. The molecule has 1 spiro atoms. The van der Waals surface area contributed by atoms with Crippen LogP contribution in [0.15, 0.2) is 34.9 Å². The van der Waals surface area contributed by atoms with Crippen molar-refractivity contribution in [2.45, 2.75) is 37.2 Å². The highest BCUT2D eigenvalue weighted by Crippen LogP contribution is 2.37. The molecular weight excluding hydrogens is 344 g/mol. The number of rotatable bonds is 3. The van der Waals surface area contributed by atoms with Crippen LogP contribution in [0.3, 0.4) is 0 Å². The molecule has 7 nitrogen and oxygen atoms in total. The van der Waals surface area contributed by atoms with Crippen LogP contribution in [-0.4, -0.2) is 59.3 Å². The molecule has 142 valence electrons. The van der Waals surface area contributed by atoms with E-state index in [0.29, 0.717) is 11.8 Å². The Kier molecular flexibility index (Phi) is 4.11. The molecule has 27 heavy (non-hydrogen) atoms. The minimum atomic E-state index is 0.0317. The van der Waals surface area contributed by atoms with Crippen LogP contribution >= 0.6 is 0 Å². The predicted octanol–water partition coefficient (Wildman–Crippen LogP) is 2.46. The van der Waals surface area contributed by atoms with E-state index < -0.39 is 0 Å².